The fourth-order valence-electron chi connectivity index (χ4n) is 1.54. The summed E-state index contributed by atoms with van der Waals surface area (Å²) in [5.74, 6) is -1.83. The van der Waals surface area contributed by atoms with Crippen LogP contribution in [0.1, 0.15) is 44.0 Å². The third kappa shape index (κ3) is 5.12. The quantitative estimate of drug-likeness (QED) is 0.290. The molecule has 0 aliphatic carbocycles. The predicted molar refractivity (Wildman–Crippen MR) is 87.1 cm³/mol. The maximum Gasteiger partial charge on any atom is 0.252 e. The van der Waals surface area contributed by atoms with Crippen molar-refractivity contribution in [2.24, 2.45) is 10.5 Å². The van der Waals surface area contributed by atoms with E-state index in [2.05, 4.69) is 26.0 Å². The van der Waals surface area contributed by atoms with Gasteiger partial charge in [0.25, 0.3) is 5.91 Å². The number of carbonyl (C=O) groups excluding carboxylic acids is 2. The second-order valence-electron chi connectivity index (χ2n) is 5.43. The molecule has 0 N–H and O–H groups in total. The number of amides is 1. The maximum absolute atomic E-state index is 13.7. The molecule has 1 amide bonds. The van der Waals surface area contributed by atoms with E-state index in [1.165, 1.54) is 6.07 Å². The van der Waals surface area contributed by atoms with Crippen LogP contribution in [-0.2, 0) is 4.79 Å². The van der Waals surface area contributed by atoms with Gasteiger partial charge in [-0.1, -0.05) is 39.0 Å². The molecule has 0 radical (unpaired) electrons. The summed E-state index contributed by atoms with van der Waals surface area (Å²) in [6.07, 6.45) is 1.21. The number of benzene rings is 1. The van der Waals surface area contributed by atoms with Crippen molar-refractivity contribution in [2.75, 3.05) is 0 Å². The van der Waals surface area contributed by atoms with Crippen LogP contribution in [0.15, 0.2) is 26.6 Å². The summed E-state index contributed by atoms with van der Waals surface area (Å²) in [7, 11) is 0. The van der Waals surface area contributed by atoms with Gasteiger partial charge in [0.05, 0.1) is 5.56 Å². The smallest absolute Gasteiger partial charge is 0.252 e. The summed E-state index contributed by atoms with van der Waals surface area (Å²) >= 11 is 4.10. The number of nitrogens with zero attached hydrogens (tertiary/aromatic N) is 3. The molecule has 22 heavy (non-hydrogen) atoms. The highest BCUT2D eigenvalue weighted by Gasteiger charge is 2.22. The molecule has 0 unspecified atom stereocenters. The molecule has 0 spiro atoms. The predicted octanol–water partition coefficient (Wildman–Crippen LogP) is 5.48. The van der Waals surface area contributed by atoms with Crippen LogP contribution in [0.5, 0.6) is 0 Å². The first-order valence-electron chi connectivity index (χ1n) is 6.49. The van der Waals surface area contributed by atoms with Crippen molar-refractivity contribution in [3.63, 3.8) is 0 Å². The Bertz CT molecular complexity index is 658. The number of azide groups is 1. The zero-order valence-corrected chi connectivity index (χ0v) is 14.8. The zero-order valence-electron chi connectivity index (χ0n) is 12.4. The first-order chi connectivity index (χ1) is 10.2. The van der Waals surface area contributed by atoms with Crippen LogP contribution in [0.3, 0.4) is 0 Å². The SMILES string of the molecule is CCC(C)(C)CC(=O)Sc1cc(C(=O)N=[N+]=[N-])c(F)cc1Br. The van der Waals surface area contributed by atoms with E-state index in [9.17, 15) is 14.0 Å². The lowest BCUT2D eigenvalue weighted by Gasteiger charge is -2.21. The molecule has 0 atom stereocenters. The van der Waals surface area contributed by atoms with Gasteiger partial charge in [0, 0.05) is 20.7 Å². The summed E-state index contributed by atoms with van der Waals surface area (Å²) in [5, 5.41) is 2.79. The van der Waals surface area contributed by atoms with Gasteiger partial charge in [0.2, 0.25) is 0 Å². The van der Waals surface area contributed by atoms with Crippen molar-refractivity contribution in [3.05, 3.63) is 38.4 Å². The molecule has 8 heteroatoms. The Balaban J connectivity index is 3.05. The molecule has 0 aliphatic heterocycles. The normalized spacial score (nSPS) is 11.0. The number of halogens is 2. The molecule has 0 aromatic heterocycles. The van der Waals surface area contributed by atoms with Crippen molar-refractivity contribution in [1.82, 2.24) is 0 Å². The third-order valence-electron chi connectivity index (χ3n) is 3.19. The summed E-state index contributed by atoms with van der Waals surface area (Å²) in [4.78, 5) is 26.4. The molecule has 0 saturated carbocycles. The van der Waals surface area contributed by atoms with Crippen molar-refractivity contribution in [1.29, 1.82) is 0 Å². The van der Waals surface area contributed by atoms with Crippen molar-refractivity contribution in [2.45, 2.75) is 38.5 Å². The van der Waals surface area contributed by atoms with Gasteiger partial charge in [0.1, 0.15) is 5.82 Å². The van der Waals surface area contributed by atoms with E-state index in [0.29, 0.717) is 15.8 Å². The molecular formula is C14H15BrFN3O2S. The van der Waals surface area contributed by atoms with Gasteiger partial charge < -0.3 is 0 Å². The average Bonchev–Trinajstić information content (AvgIpc) is 2.41. The minimum Gasteiger partial charge on any atom is -0.287 e. The maximum atomic E-state index is 13.7. The molecule has 0 heterocycles. The number of hydrogen-bond donors (Lipinski definition) is 0. The number of hydrogen-bond acceptors (Lipinski definition) is 3. The molecule has 0 fully saturated rings. The van der Waals surface area contributed by atoms with E-state index in [1.54, 1.807) is 0 Å². The first kappa shape index (κ1) is 18.7. The molecule has 1 aromatic rings. The minimum atomic E-state index is -1.02. The first-order valence-corrected chi connectivity index (χ1v) is 8.10. The van der Waals surface area contributed by atoms with Crippen LogP contribution < -0.4 is 0 Å². The van der Waals surface area contributed by atoms with Crippen LogP contribution in [0, 0.1) is 11.2 Å². The molecular weight excluding hydrogens is 373 g/mol. The highest BCUT2D eigenvalue weighted by Crippen LogP contribution is 2.35. The van der Waals surface area contributed by atoms with E-state index in [0.717, 1.165) is 24.2 Å². The van der Waals surface area contributed by atoms with Crippen LogP contribution in [0.4, 0.5) is 4.39 Å². The Morgan fingerprint density at radius 2 is 2.09 bits per heavy atom. The van der Waals surface area contributed by atoms with Gasteiger partial charge in [0.15, 0.2) is 5.12 Å². The van der Waals surface area contributed by atoms with E-state index in [1.807, 2.05) is 20.8 Å². The van der Waals surface area contributed by atoms with E-state index >= 15 is 0 Å². The largest absolute Gasteiger partial charge is 0.287 e. The van der Waals surface area contributed by atoms with Gasteiger partial charge in [-0.3, -0.25) is 9.59 Å². The Morgan fingerprint density at radius 3 is 2.64 bits per heavy atom. The molecule has 1 rings (SSSR count). The molecule has 1 aromatic carbocycles. The van der Waals surface area contributed by atoms with Gasteiger partial charge in [-0.05, 0) is 44.1 Å². The fraction of sp³-hybridized carbons (Fsp3) is 0.429. The van der Waals surface area contributed by atoms with E-state index < -0.39 is 11.7 Å². The summed E-state index contributed by atoms with van der Waals surface area (Å²) < 4.78 is 14.1. The number of rotatable bonds is 5. The molecule has 0 aliphatic rings. The topological polar surface area (TPSA) is 82.9 Å². The fourth-order valence-corrected chi connectivity index (χ4v) is 3.14. The summed E-state index contributed by atoms with van der Waals surface area (Å²) in [5.41, 5.74) is 7.78. The molecule has 5 nitrogen and oxygen atoms in total. The van der Waals surface area contributed by atoms with Crippen LogP contribution in [-0.4, -0.2) is 11.0 Å². The summed E-state index contributed by atoms with van der Waals surface area (Å²) in [6.45, 7) is 5.98. The van der Waals surface area contributed by atoms with E-state index in [4.69, 9.17) is 5.53 Å². The minimum absolute atomic E-state index is 0.0821. The van der Waals surface area contributed by atoms with Crippen LogP contribution in [0.2, 0.25) is 0 Å². The van der Waals surface area contributed by atoms with Gasteiger partial charge in [-0.2, -0.15) is 0 Å². The van der Waals surface area contributed by atoms with Crippen LogP contribution >= 0.6 is 27.7 Å². The monoisotopic (exact) mass is 387 g/mol. The van der Waals surface area contributed by atoms with Gasteiger partial charge in [-0.15, -0.1) is 0 Å². The summed E-state index contributed by atoms with van der Waals surface area (Å²) in [6, 6.07) is 2.30. The highest BCUT2D eigenvalue weighted by atomic mass is 79.9. The third-order valence-corrected chi connectivity index (χ3v) is 5.04. The number of thioether (sulfide) groups is 1. The lowest BCUT2D eigenvalue weighted by Crippen LogP contribution is -2.14. The van der Waals surface area contributed by atoms with Crippen molar-refractivity contribution >= 4 is 38.7 Å². The molecule has 0 bridgehead atoms. The second-order valence-corrected chi connectivity index (χ2v) is 7.38. The average molecular weight is 388 g/mol. The Hall–Kier alpha value is -1.37. The highest BCUT2D eigenvalue weighted by molar-refractivity contribution is 9.10. The van der Waals surface area contributed by atoms with Crippen molar-refractivity contribution in [3.8, 4) is 0 Å². The van der Waals surface area contributed by atoms with Gasteiger partial charge in [-0.25, -0.2) is 4.39 Å². The molecule has 118 valence electrons. The zero-order chi connectivity index (χ0) is 16.9. The standard InChI is InChI=1S/C14H15BrFN3O2S/c1-4-14(2,3)7-12(20)22-11-5-8(13(21)18-19-17)10(16)6-9(11)15/h5-6H,4,7H2,1-3H3. The van der Waals surface area contributed by atoms with Crippen LogP contribution in [0.25, 0.3) is 10.4 Å². The van der Waals surface area contributed by atoms with Crippen molar-refractivity contribution < 1.29 is 14.0 Å². The Morgan fingerprint density at radius 1 is 1.45 bits per heavy atom. The van der Waals surface area contributed by atoms with E-state index in [-0.39, 0.29) is 16.1 Å². The second kappa shape index (κ2) is 7.76. The molecule has 0 saturated heterocycles. The number of carbonyl (C=O) groups is 2. The Labute approximate surface area is 140 Å². The van der Waals surface area contributed by atoms with Gasteiger partial charge >= 0.3 is 0 Å². The lowest BCUT2D eigenvalue weighted by atomic mass is 9.87. The Kier molecular flexibility index (Phi) is 6.59. The lowest BCUT2D eigenvalue weighted by molar-refractivity contribution is -0.112.